The Bertz CT molecular complexity index is 811. The van der Waals surface area contributed by atoms with E-state index in [1.807, 2.05) is 11.4 Å². The van der Waals surface area contributed by atoms with E-state index >= 15 is 0 Å². The smallest absolute Gasteiger partial charge is 0.402 e. The highest BCUT2D eigenvalue weighted by molar-refractivity contribution is 7.13. The van der Waals surface area contributed by atoms with E-state index in [1.54, 1.807) is 6.07 Å². The minimum Gasteiger partial charge on any atom is -0.402 e. The van der Waals surface area contributed by atoms with Crippen LogP contribution in [0.2, 0.25) is 0 Å². The third kappa shape index (κ3) is 3.39. The maximum Gasteiger partial charge on any atom is 0.416 e. The summed E-state index contributed by atoms with van der Waals surface area (Å²) in [6.45, 7) is 0. The van der Waals surface area contributed by atoms with Crippen LogP contribution < -0.4 is 5.32 Å². The van der Waals surface area contributed by atoms with Crippen molar-refractivity contribution < 1.29 is 22.4 Å². The van der Waals surface area contributed by atoms with Crippen LogP contribution >= 0.6 is 11.3 Å². The molecule has 0 radical (unpaired) electrons. The van der Waals surface area contributed by atoms with Crippen LogP contribution in [0.1, 0.15) is 15.9 Å². The number of thiophene rings is 1. The molecule has 3 aromatic rings. The molecule has 5 nitrogen and oxygen atoms in total. The quantitative estimate of drug-likeness (QED) is 0.781. The van der Waals surface area contributed by atoms with E-state index in [0.29, 0.717) is 0 Å². The number of hydrogen-bond acceptors (Lipinski definition) is 5. The van der Waals surface area contributed by atoms with Crippen LogP contribution in [0.25, 0.3) is 10.8 Å². The van der Waals surface area contributed by atoms with Crippen molar-refractivity contribution in [2.75, 3.05) is 5.32 Å². The first-order valence-corrected chi connectivity index (χ1v) is 7.17. The average molecular weight is 339 g/mol. The molecule has 1 N–H and O–H groups in total. The number of carbonyl (C=O) groups excluding carboxylic acids is 1. The number of carbonyl (C=O) groups is 1. The van der Waals surface area contributed by atoms with Crippen LogP contribution in [0.3, 0.4) is 0 Å². The zero-order valence-electron chi connectivity index (χ0n) is 11.3. The second-order valence-electron chi connectivity index (χ2n) is 4.42. The molecule has 0 fully saturated rings. The van der Waals surface area contributed by atoms with Gasteiger partial charge in [0.2, 0.25) is 0 Å². The van der Waals surface area contributed by atoms with E-state index in [-0.39, 0.29) is 17.5 Å². The fraction of sp³-hybridized carbons (Fsp3) is 0.0714. The fourth-order valence-corrected chi connectivity index (χ4v) is 2.40. The minimum atomic E-state index is -4.45. The number of hydrogen-bond donors (Lipinski definition) is 1. The first-order chi connectivity index (χ1) is 10.9. The van der Waals surface area contributed by atoms with Crippen molar-refractivity contribution in [3.05, 3.63) is 52.9 Å². The summed E-state index contributed by atoms with van der Waals surface area (Å²) in [5, 5.41) is 11.6. The summed E-state index contributed by atoms with van der Waals surface area (Å²) in [6, 6.07) is 7.28. The van der Waals surface area contributed by atoms with Gasteiger partial charge in [-0.1, -0.05) is 11.2 Å². The molecule has 2 aromatic heterocycles. The predicted octanol–water partition coefficient (Wildman–Crippen LogP) is 4.07. The van der Waals surface area contributed by atoms with Gasteiger partial charge >= 0.3 is 12.2 Å². The van der Waals surface area contributed by atoms with Crippen molar-refractivity contribution in [1.29, 1.82) is 0 Å². The highest BCUT2D eigenvalue weighted by Gasteiger charge is 2.30. The molecule has 0 bridgehead atoms. The van der Waals surface area contributed by atoms with Gasteiger partial charge in [0.25, 0.3) is 11.8 Å². The summed E-state index contributed by atoms with van der Waals surface area (Å²) < 4.78 is 42.7. The zero-order chi connectivity index (χ0) is 16.4. The Morgan fingerprint density at radius 3 is 2.48 bits per heavy atom. The number of halogens is 3. The van der Waals surface area contributed by atoms with Crippen molar-refractivity contribution in [2.45, 2.75) is 6.18 Å². The first-order valence-electron chi connectivity index (χ1n) is 6.29. The zero-order valence-corrected chi connectivity index (χ0v) is 12.1. The highest BCUT2D eigenvalue weighted by atomic mass is 32.1. The van der Waals surface area contributed by atoms with Crippen molar-refractivity contribution in [1.82, 2.24) is 10.2 Å². The molecule has 0 spiro atoms. The molecule has 0 aliphatic rings. The van der Waals surface area contributed by atoms with Gasteiger partial charge in [0.05, 0.1) is 10.4 Å². The van der Waals surface area contributed by atoms with Crippen LogP contribution in [-0.2, 0) is 6.18 Å². The number of benzene rings is 1. The van der Waals surface area contributed by atoms with Crippen LogP contribution in [0.15, 0.2) is 46.2 Å². The Kier molecular flexibility index (Phi) is 3.87. The minimum absolute atomic E-state index is 0.0499. The van der Waals surface area contributed by atoms with Gasteiger partial charge in [0.15, 0.2) is 0 Å². The van der Waals surface area contributed by atoms with Gasteiger partial charge in [-0.3, -0.25) is 10.1 Å². The van der Waals surface area contributed by atoms with E-state index < -0.39 is 17.6 Å². The second-order valence-corrected chi connectivity index (χ2v) is 5.37. The molecule has 23 heavy (non-hydrogen) atoms. The second kappa shape index (κ2) is 5.84. The molecule has 2 heterocycles. The Morgan fingerprint density at radius 1 is 1.13 bits per heavy atom. The van der Waals surface area contributed by atoms with Gasteiger partial charge in [-0.05, 0) is 35.7 Å². The van der Waals surface area contributed by atoms with Crippen LogP contribution in [0, 0.1) is 0 Å². The lowest BCUT2D eigenvalue weighted by atomic mass is 10.1. The Balaban J connectivity index is 1.72. The summed E-state index contributed by atoms with van der Waals surface area (Å²) in [4.78, 5) is 12.7. The van der Waals surface area contributed by atoms with E-state index in [4.69, 9.17) is 4.42 Å². The van der Waals surface area contributed by atoms with Gasteiger partial charge < -0.3 is 4.42 Å². The van der Waals surface area contributed by atoms with Crippen LogP contribution in [0.4, 0.5) is 19.2 Å². The van der Waals surface area contributed by atoms with Gasteiger partial charge in [0.1, 0.15) is 0 Å². The third-order valence-corrected chi connectivity index (χ3v) is 3.71. The normalized spacial score (nSPS) is 11.4. The van der Waals surface area contributed by atoms with Crippen molar-refractivity contribution >= 4 is 23.3 Å². The SMILES string of the molecule is O=C(Nc1nnc(-c2cccs2)o1)c1ccc(C(F)(F)F)cc1. The number of aromatic nitrogens is 2. The van der Waals surface area contributed by atoms with E-state index in [2.05, 4.69) is 15.5 Å². The van der Waals surface area contributed by atoms with E-state index in [9.17, 15) is 18.0 Å². The topological polar surface area (TPSA) is 68.0 Å². The van der Waals surface area contributed by atoms with Crippen LogP contribution in [0.5, 0.6) is 0 Å². The average Bonchev–Trinajstić information content (AvgIpc) is 3.17. The number of amides is 1. The molecule has 0 atom stereocenters. The summed E-state index contributed by atoms with van der Waals surface area (Å²) >= 11 is 1.39. The fourth-order valence-electron chi connectivity index (χ4n) is 1.75. The molecule has 118 valence electrons. The van der Waals surface area contributed by atoms with E-state index in [0.717, 1.165) is 29.1 Å². The van der Waals surface area contributed by atoms with Gasteiger partial charge in [0, 0.05) is 5.56 Å². The lowest BCUT2D eigenvalue weighted by molar-refractivity contribution is -0.137. The molecule has 0 aliphatic carbocycles. The number of nitrogens with one attached hydrogen (secondary N) is 1. The molecule has 9 heteroatoms. The van der Waals surface area contributed by atoms with Gasteiger partial charge in [-0.15, -0.1) is 16.4 Å². The van der Waals surface area contributed by atoms with Gasteiger partial charge in [-0.2, -0.15) is 13.2 Å². The Hall–Kier alpha value is -2.68. The molecule has 1 aromatic carbocycles. The number of nitrogens with zero attached hydrogens (tertiary/aromatic N) is 2. The number of rotatable bonds is 3. The molecular formula is C14H8F3N3O2S. The van der Waals surface area contributed by atoms with Crippen molar-refractivity contribution in [2.24, 2.45) is 0 Å². The number of alkyl halides is 3. The molecule has 1 amide bonds. The maximum absolute atomic E-state index is 12.5. The largest absolute Gasteiger partial charge is 0.416 e. The van der Waals surface area contributed by atoms with Crippen LogP contribution in [-0.4, -0.2) is 16.1 Å². The van der Waals surface area contributed by atoms with E-state index in [1.165, 1.54) is 11.3 Å². The third-order valence-electron chi connectivity index (χ3n) is 2.85. The predicted molar refractivity (Wildman–Crippen MR) is 77.0 cm³/mol. The summed E-state index contributed by atoms with van der Waals surface area (Å²) in [7, 11) is 0. The molecule has 0 saturated heterocycles. The van der Waals surface area contributed by atoms with Crippen molar-refractivity contribution in [3.63, 3.8) is 0 Å². The maximum atomic E-state index is 12.5. The lowest BCUT2D eigenvalue weighted by Gasteiger charge is -2.06. The first kappa shape index (κ1) is 15.2. The molecule has 0 saturated carbocycles. The molecule has 0 aliphatic heterocycles. The summed E-state index contributed by atoms with van der Waals surface area (Å²) in [6.07, 6.45) is -4.45. The number of anilines is 1. The highest BCUT2D eigenvalue weighted by Crippen LogP contribution is 2.29. The summed E-state index contributed by atoms with van der Waals surface area (Å²) in [5.41, 5.74) is -0.777. The molecule has 3 rings (SSSR count). The summed E-state index contributed by atoms with van der Waals surface area (Å²) in [5.74, 6) is -0.386. The molecule has 0 unspecified atom stereocenters. The molecular weight excluding hydrogens is 331 g/mol. The van der Waals surface area contributed by atoms with Crippen molar-refractivity contribution in [3.8, 4) is 10.8 Å². The lowest BCUT2D eigenvalue weighted by Crippen LogP contribution is -2.13. The monoisotopic (exact) mass is 339 g/mol. The standard InChI is InChI=1S/C14H8F3N3O2S/c15-14(16,17)9-5-3-8(4-6-9)11(21)18-13-20-19-12(22-13)10-2-1-7-23-10/h1-7H,(H,18,20,21). The van der Waals surface area contributed by atoms with Gasteiger partial charge in [-0.25, -0.2) is 0 Å². The Labute approximate surface area is 131 Å². The Morgan fingerprint density at radius 2 is 1.87 bits per heavy atom.